The Labute approximate surface area is 175 Å². The Morgan fingerprint density at radius 1 is 0.967 bits per heavy atom. The predicted octanol–water partition coefficient (Wildman–Crippen LogP) is 0.881. The van der Waals surface area contributed by atoms with Crippen LogP contribution in [0.2, 0.25) is 0 Å². The monoisotopic (exact) mass is 417 g/mol. The van der Waals surface area contributed by atoms with E-state index < -0.39 is 36.3 Å². The van der Waals surface area contributed by atoms with Gasteiger partial charge in [-0.3, -0.25) is 24.1 Å². The molecule has 0 fully saturated rings. The quantitative estimate of drug-likeness (QED) is 0.454. The van der Waals surface area contributed by atoms with Crippen LogP contribution in [-0.4, -0.2) is 59.7 Å². The summed E-state index contributed by atoms with van der Waals surface area (Å²) in [6, 6.07) is 5.14. The Kier molecular flexibility index (Phi) is 7.68. The van der Waals surface area contributed by atoms with Gasteiger partial charge >= 0.3 is 5.97 Å². The highest BCUT2D eigenvalue weighted by Crippen LogP contribution is 2.27. The normalized spacial score (nSPS) is 14.0. The van der Waals surface area contributed by atoms with Crippen LogP contribution in [0.5, 0.6) is 0 Å². The lowest BCUT2D eigenvalue weighted by Gasteiger charge is -2.25. The fraction of sp³-hybridized carbons (Fsp3) is 0.476. The molecule has 1 atom stereocenters. The number of benzene rings is 1. The minimum atomic E-state index is -1.14. The molecule has 1 aromatic rings. The molecule has 1 aliphatic rings. The molecule has 0 spiro atoms. The summed E-state index contributed by atoms with van der Waals surface area (Å²) in [4.78, 5) is 62.5. The molecule has 1 heterocycles. The second-order valence-corrected chi connectivity index (χ2v) is 7.78. The predicted molar refractivity (Wildman–Crippen MR) is 107 cm³/mol. The highest BCUT2D eigenvalue weighted by molar-refractivity contribution is 6.22. The van der Waals surface area contributed by atoms with Gasteiger partial charge in [0.05, 0.1) is 17.7 Å². The lowest BCUT2D eigenvalue weighted by atomic mass is 10.0. The third kappa shape index (κ3) is 5.65. The van der Waals surface area contributed by atoms with E-state index >= 15 is 0 Å². The zero-order chi connectivity index (χ0) is 22.4. The van der Waals surface area contributed by atoms with E-state index in [1.54, 1.807) is 26.0 Å². The summed E-state index contributed by atoms with van der Waals surface area (Å²) in [5.74, 6) is -3.01. The van der Waals surface area contributed by atoms with Crippen LogP contribution >= 0.6 is 0 Å². The number of nitrogens with zero attached hydrogens (tertiary/aromatic N) is 1. The fourth-order valence-corrected chi connectivity index (χ4v) is 3.08. The van der Waals surface area contributed by atoms with E-state index in [0.29, 0.717) is 0 Å². The number of esters is 1. The first-order valence-corrected chi connectivity index (χ1v) is 9.81. The van der Waals surface area contributed by atoms with Crippen molar-refractivity contribution in [2.45, 2.75) is 46.2 Å². The van der Waals surface area contributed by atoms with Gasteiger partial charge in [-0.2, -0.15) is 0 Å². The van der Waals surface area contributed by atoms with Crippen LogP contribution in [0.25, 0.3) is 0 Å². The van der Waals surface area contributed by atoms with E-state index in [2.05, 4.69) is 10.6 Å². The zero-order valence-corrected chi connectivity index (χ0v) is 17.6. The highest BCUT2D eigenvalue weighted by Gasteiger charge is 2.43. The molecule has 0 aliphatic carbocycles. The Hall–Kier alpha value is -3.23. The van der Waals surface area contributed by atoms with E-state index in [1.165, 1.54) is 12.1 Å². The largest absolute Gasteiger partial charge is 0.454 e. The summed E-state index contributed by atoms with van der Waals surface area (Å²) in [5, 5.41) is 4.96. The second-order valence-electron chi connectivity index (χ2n) is 7.78. The maximum absolute atomic E-state index is 12.7. The van der Waals surface area contributed by atoms with Crippen molar-refractivity contribution in [3.8, 4) is 0 Å². The molecular formula is C21H27N3O6. The molecule has 0 unspecified atom stereocenters. The minimum absolute atomic E-state index is 0.0135. The molecule has 30 heavy (non-hydrogen) atoms. The standard InChI is InChI=1S/C21H27N3O6/c1-12(2)9-16(24-19(27)14-7-5-6-8-15(14)20(24)28)21(29)30-11-18(26)22-10-17(25)23-13(3)4/h5-8,12-13,16H,9-11H2,1-4H3,(H,22,26)(H,23,25)/t16-/m0/s1. The molecule has 0 saturated heterocycles. The van der Waals surface area contributed by atoms with Gasteiger partial charge in [-0.25, -0.2) is 4.79 Å². The molecule has 0 radical (unpaired) electrons. The summed E-state index contributed by atoms with van der Waals surface area (Å²) in [6.45, 7) is 6.40. The SMILES string of the molecule is CC(C)C[C@@H](C(=O)OCC(=O)NCC(=O)NC(C)C)N1C(=O)c2ccccc2C1=O. The van der Waals surface area contributed by atoms with Crippen molar-refractivity contribution < 1.29 is 28.7 Å². The number of hydrogen-bond acceptors (Lipinski definition) is 6. The van der Waals surface area contributed by atoms with Gasteiger partial charge in [0.1, 0.15) is 6.04 Å². The summed E-state index contributed by atoms with van der Waals surface area (Å²) in [7, 11) is 0. The Balaban J connectivity index is 2.01. The van der Waals surface area contributed by atoms with Crippen LogP contribution in [0.4, 0.5) is 0 Å². The van der Waals surface area contributed by atoms with E-state index in [1.807, 2.05) is 13.8 Å². The van der Waals surface area contributed by atoms with Crippen molar-refractivity contribution >= 4 is 29.6 Å². The van der Waals surface area contributed by atoms with Gasteiger partial charge in [0.2, 0.25) is 5.91 Å². The number of hydrogen-bond donors (Lipinski definition) is 2. The van der Waals surface area contributed by atoms with E-state index in [0.717, 1.165) is 4.90 Å². The van der Waals surface area contributed by atoms with Crippen LogP contribution in [0.3, 0.4) is 0 Å². The molecule has 2 rings (SSSR count). The number of rotatable bonds is 9. The van der Waals surface area contributed by atoms with E-state index in [4.69, 9.17) is 4.74 Å². The van der Waals surface area contributed by atoms with E-state index in [9.17, 15) is 24.0 Å². The lowest BCUT2D eigenvalue weighted by Crippen LogP contribution is -2.47. The van der Waals surface area contributed by atoms with Crippen LogP contribution < -0.4 is 10.6 Å². The molecule has 0 aromatic heterocycles. The topological polar surface area (TPSA) is 122 Å². The number of nitrogens with one attached hydrogen (secondary N) is 2. The van der Waals surface area contributed by atoms with Gasteiger partial charge in [0.25, 0.3) is 17.7 Å². The average Bonchev–Trinajstić information content (AvgIpc) is 2.93. The number of carbonyl (C=O) groups excluding carboxylic acids is 5. The smallest absolute Gasteiger partial charge is 0.329 e. The van der Waals surface area contributed by atoms with Crippen molar-refractivity contribution in [3.63, 3.8) is 0 Å². The first-order chi connectivity index (χ1) is 14.1. The van der Waals surface area contributed by atoms with Crippen LogP contribution in [-0.2, 0) is 19.1 Å². The molecule has 1 aromatic carbocycles. The van der Waals surface area contributed by atoms with Gasteiger partial charge in [0, 0.05) is 6.04 Å². The minimum Gasteiger partial charge on any atom is -0.454 e. The summed E-state index contributed by atoms with van der Waals surface area (Å²) in [5.41, 5.74) is 0.468. The average molecular weight is 417 g/mol. The van der Waals surface area contributed by atoms with Crippen LogP contribution in [0.1, 0.15) is 54.8 Å². The summed E-state index contributed by atoms with van der Waals surface area (Å²) >= 11 is 0. The van der Waals surface area contributed by atoms with Crippen LogP contribution in [0.15, 0.2) is 24.3 Å². The molecule has 0 saturated carbocycles. The molecule has 162 valence electrons. The lowest BCUT2D eigenvalue weighted by molar-refractivity contribution is -0.152. The van der Waals surface area contributed by atoms with E-state index in [-0.39, 0.29) is 42.0 Å². The number of carbonyl (C=O) groups is 5. The number of ether oxygens (including phenoxy) is 1. The number of imide groups is 1. The zero-order valence-electron chi connectivity index (χ0n) is 17.6. The molecule has 4 amide bonds. The molecule has 9 nitrogen and oxygen atoms in total. The van der Waals surface area contributed by atoms with Crippen molar-refractivity contribution in [1.82, 2.24) is 15.5 Å². The molecular weight excluding hydrogens is 390 g/mol. The highest BCUT2D eigenvalue weighted by atomic mass is 16.5. The number of fused-ring (bicyclic) bond motifs is 1. The summed E-state index contributed by atoms with van der Waals surface area (Å²) < 4.78 is 5.06. The second kappa shape index (κ2) is 10.00. The Bertz CT molecular complexity index is 814. The van der Waals surface area contributed by atoms with Crippen molar-refractivity contribution in [1.29, 1.82) is 0 Å². The van der Waals surface area contributed by atoms with Crippen LogP contribution in [0, 0.1) is 5.92 Å². The van der Waals surface area contributed by atoms with Gasteiger partial charge in [0.15, 0.2) is 6.61 Å². The van der Waals surface area contributed by atoms with Gasteiger partial charge in [-0.15, -0.1) is 0 Å². The third-order valence-corrected chi connectivity index (χ3v) is 4.35. The first-order valence-electron chi connectivity index (χ1n) is 9.81. The molecule has 9 heteroatoms. The van der Waals surface area contributed by atoms with Gasteiger partial charge in [-0.1, -0.05) is 26.0 Å². The maximum Gasteiger partial charge on any atom is 0.329 e. The Morgan fingerprint density at radius 3 is 2.03 bits per heavy atom. The fourth-order valence-electron chi connectivity index (χ4n) is 3.08. The summed E-state index contributed by atoms with van der Waals surface area (Å²) in [6.07, 6.45) is 0.197. The molecule has 0 bridgehead atoms. The molecule has 2 N–H and O–H groups in total. The van der Waals surface area contributed by atoms with Crippen molar-refractivity contribution in [2.75, 3.05) is 13.2 Å². The third-order valence-electron chi connectivity index (χ3n) is 4.35. The number of amides is 4. The maximum atomic E-state index is 12.7. The first kappa shape index (κ1) is 23.1. The van der Waals surface area contributed by atoms with Gasteiger partial charge in [-0.05, 0) is 38.3 Å². The van der Waals surface area contributed by atoms with Gasteiger partial charge < -0.3 is 15.4 Å². The van der Waals surface area contributed by atoms with Crippen molar-refractivity contribution in [3.05, 3.63) is 35.4 Å². The Morgan fingerprint density at radius 2 is 1.53 bits per heavy atom. The molecule has 1 aliphatic heterocycles. The van der Waals surface area contributed by atoms with Crippen molar-refractivity contribution in [2.24, 2.45) is 5.92 Å².